The third-order valence-electron chi connectivity index (χ3n) is 6.55. The zero-order valence-electron chi connectivity index (χ0n) is 20.0. The van der Waals surface area contributed by atoms with E-state index in [0.29, 0.717) is 31.7 Å². The SMILES string of the molecule is C[C@H](CC(=O)Cc1ccon1)c1ccc(OC2CCN(c3ccnc(N4CCOCC4)n3)C2)cc1. The number of hydrogen-bond acceptors (Lipinski definition) is 9. The molecule has 0 bridgehead atoms. The monoisotopic (exact) mass is 477 g/mol. The van der Waals surface area contributed by atoms with Crippen LogP contribution in [0.5, 0.6) is 5.75 Å². The molecule has 9 heteroatoms. The lowest BCUT2D eigenvalue weighted by Gasteiger charge is -2.27. The lowest BCUT2D eigenvalue weighted by Crippen LogP contribution is -2.37. The smallest absolute Gasteiger partial charge is 0.227 e. The minimum absolute atomic E-state index is 0.101. The zero-order chi connectivity index (χ0) is 24.0. The first-order valence-corrected chi connectivity index (χ1v) is 12.2. The van der Waals surface area contributed by atoms with Gasteiger partial charge in [-0.3, -0.25) is 4.79 Å². The maximum Gasteiger partial charge on any atom is 0.227 e. The Morgan fingerprint density at radius 3 is 2.71 bits per heavy atom. The van der Waals surface area contributed by atoms with E-state index in [1.54, 1.807) is 6.07 Å². The fourth-order valence-electron chi connectivity index (χ4n) is 4.59. The van der Waals surface area contributed by atoms with E-state index >= 15 is 0 Å². The highest BCUT2D eigenvalue weighted by atomic mass is 16.5. The van der Waals surface area contributed by atoms with Crippen LogP contribution in [0.3, 0.4) is 0 Å². The highest BCUT2D eigenvalue weighted by molar-refractivity contribution is 5.81. The van der Waals surface area contributed by atoms with Gasteiger partial charge in [0.2, 0.25) is 5.95 Å². The summed E-state index contributed by atoms with van der Waals surface area (Å²) in [6.07, 6.45) is 5.13. The minimum atomic E-state index is 0.101. The standard InChI is InChI=1S/C26H31N5O4/c1-19(16-22(32)17-21-8-13-34-29-21)20-2-4-23(5-3-20)35-24-7-10-31(18-24)25-6-9-27-26(28-25)30-11-14-33-15-12-30/h2-6,8-9,13,19,24H,7,10-12,14-18H2,1H3/t19-,24?/m1/s1. The van der Waals surface area contributed by atoms with Crippen molar-refractivity contribution in [1.29, 1.82) is 0 Å². The van der Waals surface area contributed by atoms with Crippen LogP contribution in [0.25, 0.3) is 0 Å². The van der Waals surface area contributed by atoms with Crippen LogP contribution in [0.4, 0.5) is 11.8 Å². The van der Waals surface area contributed by atoms with Crippen molar-refractivity contribution >= 4 is 17.5 Å². The van der Waals surface area contributed by atoms with Gasteiger partial charge in [0.1, 0.15) is 29.7 Å². The maximum atomic E-state index is 12.3. The molecule has 0 radical (unpaired) electrons. The van der Waals surface area contributed by atoms with Crippen LogP contribution in [-0.4, -0.2) is 66.4 Å². The van der Waals surface area contributed by atoms with E-state index in [-0.39, 0.29) is 17.8 Å². The molecule has 0 spiro atoms. The summed E-state index contributed by atoms with van der Waals surface area (Å²) < 4.78 is 16.5. The molecule has 2 saturated heterocycles. The van der Waals surface area contributed by atoms with Crippen molar-refractivity contribution in [2.24, 2.45) is 0 Å². The number of carbonyl (C=O) groups is 1. The summed E-state index contributed by atoms with van der Waals surface area (Å²) in [4.78, 5) is 26.0. The molecule has 4 heterocycles. The maximum absolute atomic E-state index is 12.3. The lowest BCUT2D eigenvalue weighted by molar-refractivity contribution is -0.118. The number of ether oxygens (including phenoxy) is 2. The average Bonchev–Trinajstić information content (AvgIpc) is 3.57. The van der Waals surface area contributed by atoms with Gasteiger partial charge in [-0.25, -0.2) is 4.98 Å². The topological polar surface area (TPSA) is 93.8 Å². The van der Waals surface area contributed by atoms with Crippen molar-refractivity contribution < 1.29 is 18.8 Å². The summed E-state index contributed by atoms with van der Waals surface area (Å²) in [7, 11) is 0. The van der Waals surface area contributed by atoms with Crippen LogP contribution in [0, 0.1) is 0 Å². The van der Waals surface area contributed by atoms with Gasteiger partial charge in [-0.15, -0.1) is 0 Å². The Morgan fingerprint density at radius 1 is 1.11 bits per heavy atom. The van der Waals surface area contributed by atoms with Crippen LogP contribution >= 0.6 is 0 Å². The van der Waals surface area contributed by atoms with Crippen LogP contribution in [0.1, 0.15) is 36.9 Å². The summed E-state index contributed by atoms with van der Waals surface area (Å²) in [6.45, 7) is 6.81. The van der Waals surface area contributed by atoms with E-state index in [2.05, 4.69) is 39.0 Å². The number of nitrogens with zero attached hydrogens (tertiary/aromatic N) is 5. The van der Waals surface area contributed by atoms with Gasteiger partial charge in [0.05, 0.1) is 31.9 Å². The fourth-order valence-corrected chi connectivity index (χ4v) is 4.59. The number of ketones is 1. The second-order valence-corrected chi connectivity index (χ2v) is 9.17. The molecule has 5 rings (SSSR count). The summed E-state index contributed by atoms with van der Waals surface area (Å²) in [5, 5.41) is 3.82. The molecule has 184 valence electrons. The third kappa shape index (κ3) is 5.97. The zero-order valence-corrected chi connectivity index (χ0v) is 20.0. The number of anilines is 2. The van der Waals surface area contributed by atoms with Crippen molar-refractivity contribution in [1.82, 2.24) is 15.1 Å². The van der Waals surface area contributed by atoms with Gasteiger partial charge in [-0.2, -0.15) is 4.98 Å². The highest BCUT2D eigenvalue weighted by Gasteiger charge is 2.26. The molecule has 0 aliphatic carbocycles. The number of hydrogen-bond donors (Lipinski definition) is 0. The quantitative estimate of drug-likeness (QED) is 0.460. The molecule has 1 unspecified atom stereocenters. The van der Waals surface area contributed by atoms with Crippen molar-refractivity contribution in [3.05, 3.63) is 60.1 Å². The summed E-state index contributed by atoms with van der Waals surface area (Å²) in [5.74, 6) is 2.83. The molecule has 2 aliphatic rings. The molecule has 3 aromatic rings. The van der Waals surface area contributed by atoms with Gasteiger partial charge in [0.25, 0.3) is 0 Å². The molecule has 9 nitrogen and oxygen atoms in total. The molecule has 0 amide bonds. The van der Waals surface area contributed by atoms with Gasteiger partial charge in [0.15, 0.2) is 0 Å². The van der Waals surface area contributed by atoms with Crippen molar-refractivity contribution in [2.75, 3.05) is 49.2 Å². The summed E-state index contributed by atoms with van der Waals surface area (Å²) >= 11 is 0. The highest BCUT2D eigenvalue weighted by Crippen LogP contribution is 2.26. The van der Waals surface area contributed by atoms with Crippen molar-refractivity contribution in [3.8, 4) is 5.75 Å². The van der Waals surface area contributed by atoms with Gasteiger partial charge >= 0.3 is 0 Å². The predicted molar refractivity (Wildman–Crippen MR) is 131 cm³/mol. The van der Waals surface area contributed by atoms with Gasteiger partial charge in [-0.05, 0) is 29.7 Å². The van der Waals surface area contributed by atoms with Crippen LogP contribution in [0.2, 0.25) is 0 Å². The second kappa shape index (κ2) is 10.9. The number of morpholine rings is 1. The van der Waals surface area contributed by atoms with E-state index in [1.165, 1.54) is 6.26 Å². The molecular weight excluding hydrogens is 446 g/mol. The molecule has 2 fully saturated rings. The van der Waals surface area contributed by atoms with E-state index in [0.717, 1.165) is 55.7 Å². The first-order chi connectivity index (χ1) is 17.1. The van der Waals surface area contributed by atoms with Crippen LogP contribution in [-0.2, 0) is 16.0 Å². The molecule has 2 aliphatic heterocycles. The molecule has 0 N–H and O–H groups in total. The first-order valence-electron chi connectivity index (χ1n) is 12.2. The van der Waals surface area contributed by atoms with E-state index < -0.39 is 0 Å². The first kappa shape index (κ1) is 23.3. The molecule has 0 saturated carbocycles. The average molecular weight is 478 g/mol. The normalized spacial score (nSPS) is 19.1. The number of benzene rings is 1. The lowest BCUT2D eigenvalue weighted by atomic mass is 9.94. The van der Waals surface area contributed by atoms with Gasteiger partial charge < -0.3 is 23.8 Å². The Hall–Kier alpha value is -3.46. The molecule has 2 aromatic heterocycles. The number of carbonyl (C=O) groups excluding carboxylic acids is 1. The summed E-state index contributed by atoms with van der Waals surface area (Å²) in [6, 6.07) is 11.8. The molecule has 35 heavy (non-hydrogen) atoms. The number of Topliss-reactive ketones (excluding diaryl/α,β-unsaturated/α-hetero) is 1. The Morgan fingerprint density at radius 2 is 1.94 bits per heavy atom. The Balaban J connectivity index is 1.13. The van der Waals surface area contributed by atoms with Gasteiger partial charge in [-0.1, -0.05) is 24.2 Å². The molecule has 2 atom stereocenters. The number of aromatic nitrogens is 3. The second-order valence-electron chi connectivity index (χ2n) is 9.17. The third-order valence-corrected chi connectivity index (χ3v) is 6.55. The van der Waals surface area contributed by atoms with Crippen LogP contribution < -0.4 is 14.5 Å². The molecular formula is C26H31N5O4. The Labute approximate surface area is 205 Å². The number of rotatable bonds is 9. The van der Waals surface area contributed by atoms with E-state index in [4.69, 9.17) is 19.0 Å². The Bertz CT molecular complexity index is 1100. The fraction of sp³-hybridized carbons (Fsp3) is 0.462. The van der Waals surface area contributed by atoms with E-state index in [9.17, 15) is 4.79 Å². The predicted octanol–water partition coefficient (Wildman–Crippen LogP) is 3.26. The van der Waals surface area contributed by atoms with Gasteiger partial charge in [0, 0.05) is 44.7 Å². The summed E-state index contributed by atoms with van der Waals surface area (Å²) in [5.41, 5.74) is 1.80. The Kier molecular flexibility index (Phi) is 7.23. The van der Waals surface area contributed by atoms with E-state index in [1.807, 2.05) is 24.4 Å². The van der Waals surface area contributed by atoms with Crippen LogP contribution in [0.15, 0.2) is 53.4 Å². The molecule has 1 aromatic carbocycles. The minimum Gasteiger partial charge on any atom is -0.489 e. The largest absolute Gasteiger partial charge is 0.489 e. The van der Waals surface area contributed by atoms with Crippen molar-refractivity contribution in [2.45, 2.75) is 38.2 Å². The van der Waals surface area contributed by atoms with Crippen molar-refractivity contribution in [3.63, 3.8) is 0 Å².